The van der Waals surface area contributed by atoms with E-state index >= 15 is 0 Å². The highest BCUT2D eigenvalue weighted by Crippen LogP contribution is 2.66. The minimum atomic E-state index is -1.98. The molecule has 3 saturated carbocycles. The molecular weight excluding hydrogens is 1020 g/mol. The van der Waals surface area contributed by atoms with Crippen LogP contribution in [-0.2, 0) is 47.6 Å². The molecule has 0 aromatic rings. The zero-order chi connectivity index (χ0) is 58.7. The van der Waals surface area contributed by atoms with Crippen LogP contribution in [0.1, 0.15) is 160 Å². The number of ether oxygens (including phenoxy) is 6. The van der Waals surface area contributed by atoms with Gasteiger partial charge in [0.1, 0.15) is 41.4 Å². The second kappa shape index (κ2) is 24.2. The molecule has 19 heteroatoms. The number of rotatable bonds is 12. The zero-order valence-electron chi connectivity index (χ0n) is 50.2. The normalized spacial score (nSPS) is 48.7. The molecule has 0 radical (unpaired) electrons. The van der Waals surface area contributed by atoms with Gasteiger partial charge in [-0.2, -0.15) is 0 Å². The van der Waals surface area contributed by atoms with Crippen molar-refractivity contribution in [1.29, 1.82) is 0 Å². The van der Waals surface area contributed by atoms with E-state index in [0.29, 0.717) is 38.6 Å². The van der Waals surface area contributed by atoms with Crippen molar-refractivity contribution in [2.45, 2.75) is 256 Å². The molecule has 0 spiro atoms. The van der Waals surface area contributed by atoms with E-state index in [4.69, 9.17) is 28.4 Å². The number of carbonyl (C=O) groups is 4. The number of likely N-dealkylation sites (N-methyl/N-ethyl adjacent to an activating group) is 1. The van der Waals surface area contributed by atoms with Gasteiger partial charge < -0.3 is 69.3 Å². The lowest BCUT2D eigenvalue weighted by Gasteiger charge is -2.57. The van der Waals surface area contributed by atoms with Gasteiger partial charge in [0, 0.05) is 75.3 Å². The molecule has 0 aromatic heterocycles. The summed E-state index contributed by atoms with van der Waals surface area (Å²) in [5, 5.41) is 76.2. The van der Waals surface area contributed by atoms with Gasteiger partial charge >= 0.3 is 5.97 Å². The van der Waals surface area contributed by atoms with Gasteiger partial charge in [-0.1, -0.05) is 40.2 Å². The summed E-state index contributed by atoms with van der Waals surface area (Å²) in [6.07, 6.45) is -4.03. The number of nitrogens with zero attached hydrogens (tertiary/aromatic N) is 2. The number of aliphatic hydroxyl groups is 6. The lowest BCUT2D eigenvalue weighted by atomic mass is 9.46. The number of fused-ring (bicyclic) bond motifs is 5. The summed E-state index contributed by atoms with van der Waals surface area (Å²) >= 11 is 0. The van der Waals surface area contributed by atoms with Crippen LogP contribution in [0.5, 0.6) is 0 Å². The molecule has 0 bridgehead atoms. The van der Waals surface area contributed by atoms with Crippen LogP contribution in [0.15, 0.2) is 11.6 Å². The fraction of sp³-hybridized carbons (Fsp3) is 0.900. The highest BCUT2D eigenvalue weighted by molar-refractivity contribution is 5.94. The predicted octanol–water partition coefficient (Wildman–Crippen LogP) is 4.22. The van der Waals surface area contributed by atoms with Crippen molar-refractivity contribution in [1.82, 2.24) is 15.1 Å². The van der Waals surface area contributed by atoms with Crippen molar-refractivity contribution < 1.29 is 78.2 Å². The smallest absolute Gasteiger partial charge is 0.311 e. The van der Waals surface area contributed by atoms with Crippen molar-refractivity contribution in [3.63, 3.8) is 0 Å². The van der Waals surface area contributed by atoms with Crippen LogP contribution in [0.4, 0.5) is 0 Å². The number of esters is 1. The molecule has 6 fully saturated rings. The number of hydrogen-bond acceptors (Lipinski definition) is 18. The Hall–Kier alpha value is -2.50. The van der Waals surface area contributed by atoms with Gasteiger partial charge in [0.25, 0.3) is 5.91 Å². The number of hydrogen-bond donors (Lipinski definition) is 7. The summed E-state index contributed by atoms with van der Waals surface area (Å²) in [4.78, 5) is 59.8. The largest absolute Gasteiger partial charge is 0.459 e. The van der Waals surface area contributed by atoms with Gasteiger partial charge in [0.05, 0.1) is 41.5 Å². The quantitative estimate of drug-likeness (QED) is 0.107. The Bertz CT molecular complexity index is 2210. The number of methoxy groups -OCH3 is 1. The average Bonchev–Trinajstić information content (AvgIpc) is 3.96. The fourth-order valence-corrected chi connectivity index (χ4v) is 16.3. The molecule has 7 N–H and O–H groups in total. The summed E-state index contributed by atoms with van der Waals surface area (Å²) < 4.78 is 38.3. The van der Waals surface area contributed by atoms with Crippen LogP contribution in [-0.4, -0.2) is 201 Å². The first-order chi connectivity index (χ1) is 36.7. The van der Waals surface area contributed by atoms with Crippen LogP contribution < -0.4 is 5.32 Å². The molecule has 4 aliphatic carbocycles. The van der Waals surface area contributed by atoms with Gasteiger partial charge in [-0.05, 0) is 150 Å². The predicted molar refractivity (Wildman–Crippen MR) is 293 cm³/mol. The Morgan fingerprint density at radius 2 is 1.58 bits per heavy atom. The Kier molecular flexibility index (Phi) is 19.7. The third-order valence-electron chi connectivity index (χ3n) is 21.1. The number of amides is 1. The fourth-order valence-electron chi connectivity index (χ4n) is 16.3. The molecule has 79 heavy (non-hydrogen) atoms. The third kappa shape index (κ3) is 12.2. The van der Waals surface area contributed by atoms with Crippen LogP contribution in [0, 0.1) is 46.3 Å². The number of Topliss-reactive ketones (excluding diaryl/α,β-unsaturated/α-hetero) is 1. The molecule has 3 heterocycles. The first kappa shape index (κ1) is 64.1. The van der Waals surface area contributed by atoms with Crippen molar-refractivity contribution >= 4 is 23.4 Å². The number of ketones is 2. The van der Waals surface area contributed by atoms with Crippen molar-refractivity contribution in [3.8, 4) is 0 Å². The Labute approximate surface area is 470 Å². The zero-order valence-corrected chi connectivity index (χ0v) is 50.2. The molecule has 7 aliphatic rings. The summed E-state index contributed by atoms with van der Waals surface area (Å²) in [7, 11) is 5.23. The second-order valence-corrected chi connectivity index (χ2v) is 27.1. The highest BCUT2D eigenvalue weighted by Gasteiger charge is 2.69. The maximum atomic E-state index is 14.7. The SMILES string of the molecule is CC[C@H]1OC(=O)[C@H](C)[C@@H](O[C@@H]2C[C@](C)(OC)[C@H](O)C(C)O2)[C@H](C)[C@@H](OC2OC(C)C[C@@H](N(C)C)[C@H]2O)[C@](C)(O)C[C@@H](C)CN(CCCNC(=O)[C@@]2(O)CCC3C4CCC5=CC(=O)CC[C@]5(C)C4C(=O)C[C@@]32C)[C@H](C)[C@@H](O)[C@]1(C)O. The van der Waals surface area contributed by atoms with Crippen LogP contribution >= 0.6 is 0 Å². The molecule has 452 valence electrons. The topological polar surface area (TPSA) is 264 Å². The molecule has 1 amide bonds. The highest BCUT2D eigenvalue weighted by atomic mass is 16.7. The monoisotopic (exact) mass is 1120 g/mol. The molecule has 3 aliphatic heterocycles. The Morgan fingerprint density at radius 1 is 0.899 bits per heavy atom. The minimum Gasteiger partial charge on any atom is -0.459 e. The summed E-state index contributed by atoms with van der Waals surface area (Å²) in [5.41, 5.74) is -6.89. The van der Waals surface area contributed by atoms with Gasteiger partial charge in [0.15, 0.2) is 18.4 Å². The molecular formula is C60H101N3O16. The molecule has 24 atom stereocenters. The number of carbonyl (C=O) groups excluding carboxylic acids is 4. The number of nitrogens with one attached hydrogen (secondary N) is 1. The number of allylic oxidation sites excluding steroid dienone is 1. The number of cyclic esters (lactones) is 1. The van der Waals surface area contributed by atoms with Gasteiger partial charge in [-0.15, -0.1) is 0 Å². The molecule has 0 aromatic carbocycles. The Morgan fingerprint density at radius 3 is 2.23 bits per heavy atom. The van der Waals surface area contributed by atoms with Gasteiger partial charge in [-0.3, -0.25) is 24.1 Å². The number of aliphatic hydroxyl groups excluding tert-OH is 3. The molecule has 7 rings (SSSR count). The van der Waals surface area contributed by atoms with E-state index in [1.54, 1.807) is 54.5 Å². The summed E-state index contributed by atoms with van der Waals surface area (Å²) in [5.74, 6) is -3.72. The van der Waals surface area contributed by atoms with Crippen LogP contribution in [0.2, 0.25) is 0 Å². The molecule has 19 nitrogen and oxygen atoms in total. The van der Waals surface area contributed by atoms with Crippen LogP contribution in [0.25, 0.3) is 0 Å². The van der Waals surface area contributed by atoms with Crippen LogP contribution in [0.3, 0.4) is 0 Å². The first-order valence-corrected chi connectivity index (χ1v) is 29.7. The van der Waals surface area contributed by atoms with Crippen molar-refractivity contribution in [2.24, 2.45) is 46.3 Å². The van der Waals surface area contributed by atoms with E-state index in [1.807, 2.05) is 44.7 Å². The third-order valence-corrected chi connectivity index (χ3v) is 21.1. The molecule has 3 saturated heterocycles. The lowest BCUT2D eigenvalue weighted by molar-refractivity contribution is -0.318. The maximum Gasteiger partial charge on any atom is 0.311 e. The van der Waals surface area contributed by atoms with Crippen molar-refractivity contribution in [3.05, 3.63) is 11.6 Å². The molecule has 6 unspecified atom stereocenters. The lowest BCUT2D eigenvalue weighted by Crippen LogP contribution is -2.62. The van der Waals surface area contributed by atoms with E-state index in [9.17, 15) is 49.8 Å². The van der Waals surface area contributed by atoms with Gasteiger partial charge in [0.2, 0.25) is 0 Å². The van der Waals surface area contributed by atoms with E-state index in [0.717, 1.165) is 18.4 Å². The maximum absolute atomic E-state index is 14.7. The van der Waals surface area contributed by atoms with E-state index in [2.05, 4.69) is 12.2 Å². The standard InChI is InChI=1S/C60H101N3O16/c1-16-44-59(12,72)49(67)36(6)63(25-17-24-61-54(70)60(73)23-21-41-40-19-18-38-27-39(64)20-22-55(38,8)46(40)43(65)29-56(41,60)9)31-32(2)28-57(10,71)51(79-53-47(66)42(62(13)14)26-33(3)75-53)34(4)48(35(5)52(69)77-44)78-45-30-58(11,74-15)50(68)37(7)76-45/h27,32-37,40-42,44-51,53,66-68,71-73H,16-26,28-31H2,1-15H3,(H,61,70)/t32-,33?,34+,35-,36-,37?,40?,41?,42-,44-,45-,46?,47-,48+,49-,50-,51-,53?,55+,56+,57-,58+,59-,60+/m1/s1. The van der Waals surface area contributed by atoms with Crippen molar-refractivity contribution in [2.75, 3.05) is 40.8 Å². The first-order valence-electron chi connectivity index (χ1n) is 29.7. The minimum absolute atomic E-state index is 0.00234. The second-order valence-electron chi connectivity index (χ2n) is 27.1. The summed E-state index contributed by atoms with van der Waals surface area (Å²) in [6.45, 7) is 22.1. The Balaban J connectivity index is 1.15. The average molecular weight is 1120 g/mol. The van der Waals surface area contributed by atoms with E-state index in [1.165, 1.54) is 14.0 Å². The summed E-state index contributed by atoms with van der Waals surface area (Å²) in [6, 6.07) is -1.11. The van der Waals surface area contributed by atoms with E-state index < -0.39 is 118 Å². The van der Waals surface area contributed by atoms with E-state index in [-0.39, 0.29) is 92.6 Å². The van der Waals surface area contributed by atoms with Gasteiger partial charge in [-0.25, -0.2) is 0 Å².